The van der Waals surface area contributed by atoms with Crippen molar-refractivity contribution < 1.29 is 28.0 Å². The van der Waals surface area contributed by atoms with Crippen molar-refractivity contribution in [1.29, 1.82) is 5.41 Å². The van der Waals surface area contributed by atoms with Gasteiger partial charge in [-0.1, -0.05) is 0 Å². The zero-order valence-corrected chi connectivity index (χ0v) is 19.0. The van der Waals surface area contributed by atoms with Crippen molar-refractivity contribution in [3.63, 3.8) is 0 Å². The highest BCUT2D eigenvalue weighted by Crippen LogP contribution is 2.43. The monoisotopic (exact) mass is 468 g/mol. The average Bonchev–Trinajstić information content (AvgIpc) is 3.05. The van der Waals surface area contributed by atoms with Gasteiger partial charge in [0.2, 0.25) is 0 Å². The number of hydrogen-bond acceptors (Lipinski definition) is 3. The summed E-state index contributed by atoms with van der Waals surface area (Å²) in [6, 6.07) is 14.5. The van der Waals surface area contributed by atoms with Crippen LogP contribution in [0.2, 0.25) is 0 Å². The van der Waals surface area contributed by atoms with Crippen molar-refractivity contribution >= 4 is 29.2 Å². The first-order valence-electron chi connectivity index (χ1n) is 10.8. The second kappa shape index (κ2) is 8.95. The summed E-state index contributed by atoms with van der Waals surface area (Å²) < 4.78 is 48.0. The molecule has 3 aromatic carbocycles. The summed E-state index contributed by atoms with van der Waals surface area (Å²) in [5, 5.41) is 9.62. The van der Waals surface area contributed by atoms with Crippen LogP contribution in [0.25, 0.3) is 0 Å². The molecule has 1 aliphatic heterocycles. The van der Waals surface area contributed by atoms with Gasteiger partial charge >= 0.3 is 0 Å². The van der Waals surface area contributed by atoms with Crippen LogP contribution in [0.1, 0.15) is 38.0 Å². The molecule has 0 saturated carbocycles. The number of rotatable bonds is 6. The molecule has 0 aromatic heterocycles. The Labute approximate surface area is 195 Å². The summed E-state index contributed by atoms with van der Waals surface area (Å²) in [5.74, 6) is -1.14. The van der Waals surface area contributed by atoms with Gasteiger partial charge in [-0.25, -0.2) is 13.2 Å². The number of alkyl halides is 1. The SMILES string of the molecule is C[C@H]1[C@H](Oc2ccc([NH2+]c3ccc(F)cc3)c(C=N)c2)c2cc(F)ccc2N1C(=O)C(C)(C)F. The van der Waals surface area contributed by atoms with Crippen LogP contribution in [-0.2, 0) is 4.79 Å². The van der Waals surface area contributed by atoms with Crippen molar-refractivity contribution in [2.24, 2.45) is 0 Å². The molecule has 0 fully saturated rings. The second-order valence-corrected chi connectivity index (χ2v) is 8.76. The average molecular weight is 468 g/mol. The van der Waals surface area contributed by atoms with Crippen LogP contribution in [-0.4, -0.2) is 23.8 Å². The third-order valence-electron chi connectivity index (χ3n) is 5.80. The number of nitrogens with one attached hydrogen (secondary N) is 1. The van der Waals surface area contributed by atoms with E-state index in [-0.39, 0.29) is 5.82 Å². The maximum absolute atomic E-state index is 14.5. The summed E-state index contributed by atoms with van der Waals surface area (Å²) in [6.45, 7) is 4.10. The maximum Gasteiger partial charge on any atom is 0.264 e. The second-order valence-electron chi connectivity index (χ2n) is 8.76. The fourth-order valence-corrected chi connectivity index (χ4v) is 4.10. The van der Waals surface area contributed by atoms with Crippen LogP contribution in [0.15, 0.2) is 60.7 Å². The number of carbonyl (C=O) groups excluding carboxylic acids is 1. The van der Waals surface area contributed by atoms with E-state index in [9.17, 15) is 18.0 Å². The minimum atomic E-state index is -2.11. The van der Waals surface area contributed by atoms with Crippen LogP contribution >= 0.6 is 0 Å². The molecule has 0 spiro atoms. The number of fused-ring (bicyclic) bond motifs is 1. The highest BCUT2D eigenvalue weighted by molar-refractivity contribution is 6.01. The molecule has 0 radical (unpaired) electrons. The van der Waals surface area contributed by atoms with Gasteiger partial charge in [-0.05, 0) is 63.2 Å². The van der Waals surface area contributed by atoms with Gasteiger partial charge < -0.3 is 15.0 Å². The Morgan fingerprint density at radius 2 is 1.74 bits per heavy atom. The molecule has 8 heteroatoms. The lowest BCUT2D eigenvalue weighted by molar-refractivity contribution is -0.478. The number of hydrogen-bond donors (Lipinski definition) is 2. The topological polar surface area (TPSA) is 70.0 Å². The predicted molar refractivity (Wildman–Crippen MR) is 124 cm³/mol. The smallest absolute Gasteiger partial charge is 0.264 e. The minimum Gasteiger partial charge on any atom is -0.483 e. The van der Waals surface area contributed by atoms with E-state index in [1.165, 1.54) is 55.3 Å². The fraction of sp³-hybridized carbons (Fsp3) is 0.231. The van der Waals surface area contributed by atoms with E-state index in [4.69, 9.17) is 10.1 Å². The van der Waals surface area contributed by atoms with Gasteiger partial charge in [0.15, 0.2) is 5.67 Å². The van der Waals surface area contributed by atoms with E-state index in [0.717, 1.165) is 11.4 Å². The molecule has 5 nitrogen and oxygen atoms in total. The van der Waals surface area contributed by atoms with Crippen LogP contribution in [0, 0.1) is 17.0 Å². The highest BCUT2D eigenvalue weighted by atomic mass is 19.1. The first-order valence-corrected chi connectivity index (χ1v) is 10.8. The van der Waals surface area contributed by atoms with Gasteiger partial charge in [0, 0.05) is 30.0 Å². The van der Waals surface area contributed by atoms with Crippen molar-refractivity contribution in [3.05, 3.63) is 83.4 Å². The Balaban J connectivity index is 1.64. The highest BCUT2D eigenvalue weighted by Gasteiger charge is 2.45. The molecular weight excluding hydrogens is 443 g/mol. The molecule has 34 heavy (non-hydrogen) atoms. The predicted octanol–water partition coefficient (Wildman–Crippen LogP) is 5.09. The van der Waals surface area contributed by atoms with Crippen molar-refractivity contribution in [2.75, 3.05) is 4.90 Å². The van der Waals surface area contributed by atoms with Crippen LogP contribution in [0.3, 0.4) is 0 Å². The van der Waals surface area contributed by atoms with Crippen molar-refractivity contribution in [2.45, 2.75) is 38.6 Å². The molecule has 3 aromatic rings. The molecule has 3 N–H and O–H groups in total. The number of quaternary nitrogens is 1. The van der Waals surface area contributed by atoms with E-state index in [2.05, 4.69) is 0 Å². The largest absolute Gasteiger partial charge is 0.483 e. The molecule has 0 bridgehead atoms. The van der Waals surface area contributed by atoms with Gasteiger partial charge in [-0.3, -0.25) is 10.1 Å². The lowest BCUT2D eigenvalue weighted by Gasteiger charge is -2.29. The van der Waals surface area contributed by atoms with Crippen molar-refractivity contribution in [3.8, 4) is 5.75 Å². The Hall–Kier alpha value is -3.65. The number of nitrogens with zero attached hydrogens (tertiary/aromatic N) is 1. The molecule has 0 aliphatic carbocycles. The zero-order chi connectivity index (χ0) is 24.6. The van der Waals surface area contributed by atoms with E-state index in [1.807, 2.05) is 5.32 Å². The van der Waals surface area contributed by atoms with Crippen LogP contribution in [0.4, 0.5) is 30.2 Å². The number of anilines is 1. The molecule has 176 valence electrons. The summed E-state index contributed by atoms with van der Waals surface area (Å²) in [5.41, 5.74) is 0.808. The molecule has 0 saturated heterocycles. The molecule has 1 heterocycles. The Morgan fingerprint density at radius 3 is 2.38 bits per heavy atom. The molecule has 1 aliphatic rings. The zero-order valence-electron chi connectivity index (χ0n) is 19.0. The molecule has 2 atom stereocenters. The van der Waals surface area contributed by atoms with Gasteiger partial charge in [-0.15, -0.1) is 0 Å². The number of benzene rings is 3. The van der Waals surface area contributed by atoms with Crippen molar-refractivity contribution in [1.82, 2.24) is 0 Å². The van der Waals surface area contributed by atoms with E-state index in [0.29, 0.717) is 22.6 Å². The van der Waals surface area contributed by atoms with Gasteiger partial charge in [-0.2, -0.15) is 0 Å². The summed E-state index contributed by atoms with van der Waals surface area (Å²) in [4.78, 5) is 14.1. The van der Waals surface area contributed by atoms with Gasteiger partial charge in [0.1, 0.15) is 34.9 Å². The third-order valence-corrected chi connectivity index (χ3v) is 5.80. The maximum atomic E-state index is 14.5. The Morgan fingerprint density at radius 1 is 1.06 bits per heavy atom. The van der Waals surface area contributed by atoms with Gasteiger partial charge in [0.05, 0.1) is 17.3 Å². The summed E-state index contributed by atoms with van der Waals surface area (Å²) in [7, 11) is 0. The summed E-state index contributed by atoms with van der Waals surface area (Å²) >= 11 is 0. The first kappa shape index (κ1) is 23.5. The third kappa shape index (κ3) is 4.54. The normalized spacial score (nSPS) is 17.4. The first-order chi connectivity index (χ1) is 16.1. The molecule has 1 amide bonds. The number of ether oxygens (including phenoxy) is 1. The summed E-state index contributed by atoms with van der Waals surface area (Å²) in [6.07, 6.45) is 0.442. The molecule has 4 rings (SSSR count). The quantitative estimate of drug-likeness (QED) is 0.391. The van der Waals surface area contributed by atoms with Gasteiger partial charge in [0.25, 0.3) is 5.91 Å². The number of carbonyl (C=O) groups is 1. The lowest BCUT2D eigenvalue weighted by atomic mass is 10.1. The molecular formula is C26H25F3N3O2+. The lowest BCUT2D eigenvalue weighted by Crippen LogP contribution is -2.71. The van der Waals surface area contributed by atoms with E-state index >= 15 is 0 Å². The fourth-order valence-electron chi connectivity index (χ4n) is 4.10. The Kier molecular flexibility index (Phi) is 6.18. The minimum absolute atomic E-state index is 0.334. The van der Waals surface area contributed by atoms with Crippen LogP contribution < -0.4 is 15.0 Å². The van der Waals surface area contributed by atoms with Crippen LogP contribution in [0.5, 0.6) is 5.75 Å². The standard InChI is InChI=1S/C26H24F3N3O2/c1-15-24(21-13-18(28)6-11-23(21)32(15)25(33)26(2,3)29)34-20-9-10-22(16(12-20)14-30)31-19-7-4-17(27)5-8-19/h4-15,24,30-31H,1-3H3/p+1/t15-,24-/m0/s1. The van der Waals surface area contributed by atoms with E-state index < -0.39 is 29.5 Å². The molecule has 0 unspecified atom stereocenters. The number of halogens is 3. The van der Waals surface area contributed by atoms with E-state index in [1.54, 1.807) is 37.3 Å². The number of amides is 1. The Bertz CT molecular complexity index is 1240. The number of nitrogens with two attached hydrogens (primary N) is 1.